The summed E-state index contributed by atoms with van der Waals surface area (Å²) in [5, 5.41) is 3.39. The van der Waals surface area contributed by atoms with Crippen molar-refractivity contribution in [2.75, 3.05) is 20.2 Å². The molecule has 0 radical (unpaired) electrons. The van der Waals surface area contributed by atoms with Crippen LogP contribution in [0, 0.1) is 6.92 Å². The number of benzene rings is 1. The lowest BCUT2D eigenvalue weighted by Crippen LogP contribution is -2.08. The molecule has 0 amide bonds. The van der Waals surface area contributed by atoms with E-state index in [-0.39, 0.29) is 0 Å². The third kappa shape index (κ3) is 1.75. The Bertz CT molecular complexity index is 316. The minimum Gasteiger partial charge on any atom is -0.496 e. The van der Waals surface area contributed by atoms with Crippen LogP contribution in [0.4, 0.5) is 0 Å². The van der Waals surface area contributed by atoms with Crippen LogP contribution in [0.3, 0.4) is 0 Å². The second-order valence-corrected chi connectivity index (χ2v) is 3.92. The Balaban J connectivity index is 2.23. The molecule has 0 saturated carbocycles. The summed E-state index contributed by atoms with van der Waals surface area (Å²) in [4.78, 5) is 0. The van der Waals surface area contributed by atoms with Crippen LogP contribution in [0.2, 0.25) is 0 Å². The zero-order chi connectivity index (χ0) is 9.97. The lowest BCUT2D eigenvalue weighted by molar-refractivity contribution is 0.411. The highest BCUT2D eigenvalue weighted by atomic mass is 16.5. The van der Waals surface area contributed by atoms with Crippen molar-refractivity contribution >= 4 is 0 Å². The van der Waals surface area contributed by atoms with Gasteiger partial charge in [0.1, 0.15) is 5.75 Å². The third-order valence-corrected chi connectivity index (χ3v) is 2.95. The van der Waals surface area contributed by atoms with E-state index in [1.54, 1.807) is 7.11 Å². The van der Waals surface area contributed by atoms with Gasteiger partial charge in [-0.05, 0) is 43.0 Å². The van der Waals surface area contributed by atoms with E-state index >= 15 is 0 Å². The largest absolute Gasteiger partial charge is 0.496 e. The monoisotopic (exact) mass is 191 g/mol. The zero-order valence-electron chi connectivity index (χ0n) is 8.84. The van der Waals surface area contributed by atoms with Crippen molar-refractivity contribution in [1.29, 1.82) is 0 Å². The van der Waals surface area contributed by atoms with Crippen molar-refractivity contribution in [3.05, 3.63) is 29.3 Å². The molecule has 2 nitrogen and oxygen atoms in total. The summed E-state index contributed by atoms with van der Waals surface area (Å²) in [6.07, 6.45) is 1.26. The van der Waals surface area contributed by atoms with Crippen LogP contribution >= 0.6 is 0 Å². The van der Waals surface area contributed by atoms with Gasteiger partial charge in [-0.3, -0.25) is 0 Å². The van der Waals surface area contributed by atoms with Crippen molar-refractivity contribution in [3.63, 3.8) is 0 Å². The molecule has 1 fully saturated rings. The fourth-order valence-electron chi connectivity index (χ4n) is 2.09. The first-order chi connectivity index (χ1) is 6.81. The van der Waals surface area contributed by atoms with E-state index in [0.29, 0.717) is 5.92 Å². The standard InChI is InChI=1S/C12H17NO/c1-9-7-10(3-4-12(9)14-2)11-5-6-13-8-11/h3-4,7,11,13H,5-6,8H2,1-2H3. The minimum absolute atomic E-state index is 0.694. The molecule has 0 bridgehead atoms. The number of hydrogen-bond donors (Lipinski definition) is 1. The zero-order valence-corrected chi connectivity index (χ0v) is 8.84. The molecule has 2 rings (SSSR count). The van der Waals surface area contributed by atoms with Crippen LogP contribution in [0.15, 0.2) is 18.2 Å². The van der Waals surface area contributed by atoms with E-state index in [1.807, 2.05) is 0 Å². The molecule has 0 aliphatic carbocycles. The lowest BCUT2D eigenvalue weighted by Gasteiger charge is -2.11. The molecule has 76 valence electrons. The Hall–Kier alpha value is -1.02. The predicted octanol–water partition coefficient (Wildman–Crippen LogP) is 2.08. The van der Waals surface area contributed by atoms with Gasteiger partial charge in [0.15, 0.2) is 0 Å². The van der Waals surface area contributed by atoms with E-state index in [1.165, 1.54) is 17.5 Å². The van der Waals surface area contributed by atoms with Gasteiger partial charge in [0, 0.05) is 6.54 Å². The fourth-order valence-corrected chi connectivity index (χ4v) is 2.09. The quantitative estimate of drug-likeness (QED) is 0.772. The Morgan fingerprint density at radius 2 is 2.29 bits per heavy atom. The smallest absolute Gasteiger partial charge is 0.121 e. The van der Waals surface area contributed by atoms with Gasteiger partial charge in [-0.25, -0.2) is 0 Å². The highest BCUT2D eigenvalue weighted by Gasteiger charge is 2.16. The number of ether oxygens (including phenoxy) is 1. The Kier molecular flexibility index (Phi) is 2.73. The van der Waals surface area contributed by atoms with Gasteiger partial charge in [-0.1, -0.05) is 12.1 Å². The van der Waals surface area contributed by atoms with Gasteiger partial charge in [0.25, 0.3) is 0 Å². The van der Waals surface area contributed by atoms with Gasteiger partial charge in [0.2, 0.25) is 0 Å². The van der Waals surface area contributed by atoms with Gasteiger partial charge in [-0.15, -0.1) is 0 Å². The lowest BCUT2D eigenvalue weighted by atomic mass is 9.96. The normalized spacial score (nSPS) is 21.1. The molecule has 0 spiro atoms. The SMILES string of the molecule is COc1ccc(C2CCNC2)cc1C. The van der Waals surface area contributed by atoms with Crippen LogP contribution in [0.1, 0.15) is 23.5 Å². The maximum atomic E-state index is 5.25. The van der Waals surface area contributed by atoms with Crippen LogP contribution in [0.25, 0.3) is 0 Å². The summed E-state index contributed by atoms with van der Waals surface area (Å²) in [7, 11) is 1.72. The first-order valence-corrected chi connectivity index (χ1v) is 5.16. The highest BCUT2D eigenvalue weighted by molar-refractivity contribution is 5.37. The second-order valence-electron chi connectivity index (χ2n) is 3.92. The van der Waals surface area contributed by atoms with Gasteiger partial charge < -0.3 is 10.1 Å². The molecule has 0 aromatic heterocycles. The third-order valence-electron chi connectivity index (χ3n) is 2.95. The maximum absolute atomic E-state index is 5.25. The second kappa shape index (κ2) is 4.01. The summed E-state index contributed by atoms with van der Waals surface area (Å²) in [5.41, 5.74) is 2.67. The molecule has 1 aliphatic rings. The molecule has 1 aromatic carbocycles. The maximum Gasteiger partial charge on any atom is 0.121 e. The average Bonchev–Trinajstić information content (AvgIpc) is 2.70. The Morgan fingerprint density at radius 3 is 2.86 bits per heavy atom. The van der Waals surface area contributed by atoms with E-state index < -0.39 is 0 Å². The summed E-state index contributed by atoms with van der Waals surface area (Å²) in [5.74, 6) is 1.68. The molecule has 1 aliphatic heterocycles. The van der Waals surface area contributed by atoms with Gasteiger partial charge in [-0.2, -0.15) is 0 Å². The van der Waals surface area contributed by atoms with Crippen LogP contribution in [-0.2, 0) is 0 Å². The van der Waals surface area contributed by atoms with Crippen molar-refractivity contribution in [3.8, 4) is 5.75 Å². The molecule has 1 heterocycles. The molecule has 2 heteroatoms. The van der Waals surface area contributed by atoms with Gasteiger partial charge >= 0.3 is 0 Å². The molecular weight excluding hydrogens is 174 g/mol. The fraction of sp³-hybridized carbons (Fsp3) is 0.500. The molecule has 1 saturated heterocycles. The first kappa shape index (κ1) is 9.53. The van der Waals surface area contributed by atoms with E-state index in [0.717, 1.165) is 18.8 Å². The number of hydrogen-bond acceptors (Lipinski definition) is 2. The summed E-state index contributed by atoms with van der Waals surface area (Å²) in [6.45, 7) is 4.37. The molecule has 1 unspecified atom stereocenters. The predicted molar refractivity (Wildman–Crippen MR) is 58.0 cm³/mol. The topological polar surface area (TPSA) is 21.3 Å². The summed E-state index contributed by atoms with van der Waals surface area (Å²) < 4.78 is 5.25. The molecule has 1 aromatic rings. The molecule has 1 N–H and O–H groups in total. The van der Waals surface area contributed by atoms with Gasteiger partial charge in [0.05, 0.1) is 7.11 Å². The first-order valence-electron chi connectivity index (χ1n) is 5.16. The Labute approximate surface area is 85.3 Å². The van der Waals surface area contributed by atoms with Crippen LogP contribution in [0.5, 0.6) is 5.75 Å². The summed E-state index contributed by atoms with van der Waals surface area (Å²) >= 11 is 0. The minimum atomic E-state index is 0.694. The van der Waals surface area contributed by atoms with E-state index in [9.17, 15) is 0 Å². The van der Waals surface area contributed by atoms with Crippen LogP contribution in [-0.4, -0.2) is 20.2 Å². The van der Waals surface area contributed by atoms with Crippen molar-refractivity contribution in [1.82, 2.24) is 5.32 Å². The number of nitrogens with one attached hydrogen (secondary N) is 1. The summed E-state index contributed by atoms with van der Waals surface area (Å²) in [6, 6.07) is 6.50. The molecule has 1 atom stereocenters. The number of methoxy groups -OCH3 is 1. The number of rotatable bonds is 2. The van der Waals surface area contributed by atoms with Crippen molar-refractivity contribution in [2.24, 2.45) is 0 Å². The van der Waals surface area contributed by atoms with Crippen molar-refractivity contribution < 1.29 is 4.74 Å². The highest BCUT2D eigenvalue weighted by Crippen LogP contribution is 2.26. The van der Waals surface area contributed by atoms with Crippen LogP contribution < -0.4 is 10.1 Å². The number of aryl methyl sites for hydroxylation is 1. The average molecular weight is 191 g/mol. The van der Waals surface area contributed by atoms with E-state index in [4.69, 9.17) is 4.74 Å². The Morgan fingerprint density at radius 1 is 1.43 bits per heavy atom. The molecular formula is C12H17NO. The molecule has 14 heavy (non-hydrogen) atoms. The van der Waals surface area contributed by atoms with E-state index in [2.05, 4.69) is 30.4 Å². The van der Waals surface area contributed by atoms with Crippen molar-refractivity contribution in [2.45, 2.75) is 19.3 Å².